The van der Waals surface area contributed by atoms with Gasteiger partial charge in [-0.2, -0.15) is 0 Å². The first-order valence-corrected chi connectivity index (χ1v) is 6.48. The first-order chi connectivity index (χ1) is 9.69. The lowest BCUT2D eigenvalue weighted by Gasteiger charge is -2.07. The lowest BCUT2D eigenvalue weighted by Crippen LogP contribution is -2.15. The zero-order valence-electron chi connectivity index (χ0n) is 11.1. The molecule has 1 amide bonds. The summed E-state index contributed by atoms with van der Waals surface area (Å²) in [7, 11) is 0. The van der Waals surface area contributed by atoms with Crippen molar-refractivity contribution in [3.05, 3.63) is 64.1 Å². The van der Waals surface area contributed by atoms with Gasteiger partial charge in [-0.15, -0.1) is 0 Å². The second-order valence-corrected chi connectivity index (χ2v) is 4.49. The first-order valence-electron chi connectivity index (χ1n) is 6.48. The molecule has 0 saturated carbocycles. The summed E-state index contributed by atoms with van der Waals surface area (Å²) in [6, 6.07) is 10.5. The fourth-order valence-electron chi connectivity index (χ4n) is 1.90. The van der Waals surface area contributed by atoms with Crippen LogP contribution in [0.15, 0.2) is 47.4 Å². The molecule has 0 aliphatic heterocycles. The molecule has 0 radical (unpaired) electrons. The number of H-pyrrole nitrogens is 1. The first kappa shape index (κ1) is 14.0. The molecule has 4 N–H and O–H groups in total. The van der Waals surface area contributed by atoms with E-state index < -0.39 is 0 Å². The van der Waals surface area contributed by atoms with Crippen LogP contribution in [-0.4, -0.2) is 17.4 Å². The van der Waals surface area contributed by atoms with Crippen LogP contribution < -0.4 is 16.6 Å². The van der Waals surface area contributed by atoms with E-state index >= 15 is 0 Å². The number of anilines is 1. The molecular formula is C15H17N3O2. The van der Waals surface area contributed by atoms with E-state index in [1.54, 1.807) is 6.07 Å². The van der Waals surface area contributed by atoms with Crippen LogP contribution >= 0.6 is 0 Å². The molecule has 20 heavy (non-hydrogen) atoms. The molecule has 1 heterocycles. The Balaban J connectivity index is 2.09. The molecule has 0 fully saturated rings. The van der Waals surface area contributed by atoms with Crippen molar-refractivity contribution < 1.29 is 4.79 Å². The number of carbonyl (C=O) groups excluding carboxylic acids is 1. The highest BCUT2D eigenvalue weighted by Crippen LogP contribution is 2.13. The summed E-state index contributed by atoms with van der Waals surface area (Å²) in [6.45, 7) is 0.642. The summed E-state index contributed by atoms with van der Waals surface area (Å²) in [6.07, 6.45) is 3.24. The minimum atomic E-state index is -0.299. The number of carbonyl (C=O) groups is 1. The third kappa shape index (κ3) is 3.80. The van der Waals surface area contributed by atoms with E-state index in [1.807, 2.05) is 24.3 Å². The molecule has 0 bridgehead atoms. The van der Waals surface area contributed by atoms with Crippen LogP contribution in [0, 0.1) is 0 Å². The van der Waals surface area contributed by atoms with Crippen LogP contribution in [0.3, 0.4) is 0 Å². The van der Waals surface area contributed by atoms with Crippen molar-refractivity contribution in [2.75, 3.05) is 11.9 Å². The summed E-state index contributed by atoms with van der Waals surface area (Å²) >= 11 is 0. The number of amides is 1. The highest BCUT2D eigenvalue weighted by molar-refractivity contribution is 6.04. The van der Waals surface area contributed by atoms with E-state index in [1.165, 1.54) is 12.3 Å². The molecular weight excluding hydrogens is 254 g/mol. The van der Waals surface area contributed by atoms with Gasteiger partial charge >= 0.3 is 0 Å². The Morgan fingerprint density at radius 3 is 2.85 bits per heavy atom. The summed E-state index contributed by atoms with van der Waals surface area (Å²) in [5.74, 6) is -0.299. The van der Waals surface area contributed by atoms with E-state index in [4.69, 9.17) is 5.73 Å². The predicted octanol–water partition coefficient (Wildman–Crippen LogP) is 1.52. The molecule has 1 aromatic carbocycles. The van der Waals surface area contributed by atoms with E-state index in [-0.39, 0.29) is 11.5 Å². The third-order valence-electron chi connectivity index (χ3n) is 2.89. The van der Waals surface area contributed by atoms with Gasteiger partial charge in [0.25, 0.3) is 5.91 Å². The lowest BCUT2D eigenvalue weighted by atomic mass is 10.1. The fraction of sp³-hybridized carbons (Fsp3) is 0.200. The van der Waals surface area contributed by atoms with Crippen molar-refractivity contribution in [1.82, 2.24) is 4.98 Å². The maximum absolute atomic E-state index is 12.0. The number of aryl methyl sites for hydroxylation is 1. The quantitative estimate of drug-likeness (QED) is 0.770. The molecule has 1 aromatic heterocycles. The topological polar surface area (TPSA) is 88.0 Å². The van der Waals surface area contributed by atoms with Gasteiger partial charge in [-0.1, -0.05) is 12.1 Å². The number of nitrogens with one attached hydrogen (secondary N) is 2. The van der Waals surface area contributed by atoms with Crippen LogP contribution in [0.4, 0.5) is 5.69 Å². The number of benzene rings is 1. The Hall–Kier alpha value is -2.40. The zero-order chi connectivity index (χ0) is 14.4. The number of aromatic nitrogens is 1. The zero-order valence-corrected chi connectivity index (χ0v) is 11.1. The molecule has 2 aromatic rings. The second-order valence-electron chi connectivity index (χ2n) is 4.49. The molecule has 5 nitrogen and oxygen atoms in total. The molecule has 0 atom stereocenters. The van der Waals surface area contributed by atoms with Crippen molar-refractivity contribution in [3.63, 3.8) is 0 Å². The van der Waals surface area contributed by atoms with Crippen LogP contribution in [0.1, 0.15) is 22.3 Å². The smallest absolute Gasteiger partial charge is 0.255 e. The Labute approximate surface area is 116 Å². The minimum Gasteiger partial charge on any atom is -0.330 e. The molecule has 0 spiro atoms. The standard InChI is InChI=1S/C15H17N3O2/c16-7-2-4-11-3-1-5-13(9-11)18-15(20)12-6-8-17-14(19)10-12/h1,3,5-6,8-10H,2,4,7,16H2,(H,17,19)(H,18,20). The fourth-order valence-corrected chi connectivity index (χ4v) is 1.90. The van der Waals surface area contributed by atoms with Gasteiger partial charge in [0.1, 0.15) is 0 Å². The van der Waals surface area contributed by atoms with Gasteiger partial charge in [0.2, 0.25) is 5.56 Å². The maximum Gasteiger partial charge on any atom is 0.255 e. The van der Waals surface area contributed by atoms with Crippen molar-refractivity contribution in [3.8, 4) is 0 Å². The van der Waals surface area contributed by atoms with Gasteiger partial charge in [-0.05, 0) is 43.1 Å². The molecule has 0 aliphatic carbocycles. The Morgan fingerprint density at radius 2 is 2.10 bits per heavy atom. The Kier molecular flexibility index (Phi) is 4.68. The van der Waals surface area contributed by atoms with Crippen LogP contribution in [0.5, 0.6) is 0 Å². The van der Waals surface area contributed by atoms with Crippen LogP contribution in [0.2, 0.25) is 0 Å². The summed E-state index contributed by atoms with van der Waals surface area (Å²) in [5.41, 5.74) is 7.36. The monoisotopic (exact) mass is 271 g/mol. The summed E-state index contributed by atoms with van der Waals surface area (Å²) < 4.78 is 0. The third-order valence-corrected chi connectivity index (χ3v) is 2.89. The minimum absolute atomic E-state index is 0.297. The second kappa shape index (κ2) is 6.68. The van der Waals surface area contributed by atoms with Gasteiger partial charge in [0.05, 0.1) is 0 Å². The van der Waals surface area contributed by atoms with E-state index in [0.717, 1.165) is 18.4 Å². The van der Waals surface area contributed by atoms with Gasteiger partial charge in [-0.3, -0.25) is 9.59 Å². The molecule has 5 heteroatoms. The van der Waals surface area contributed by atoms with E-state index in [2.05, 4.69) is 10.3 Å². The van der Waals surface area contributed by atoms with Gasteiger partial charge in [-0.25, -0.2) is 0 Å². The highest BCUT2D eigenvalue weighted by Gasteiger charge is 2.06. The summed E-state index contributed by atoms with van der Waals surface area (Å²) in [4.78, 5) is 25.7. The maximum atomic E-state index is 12.0. The Morgan fingerprint density at radius 1 is 1.25 bits per heavy atom. The van der Waals surface area contributed by atoms with E-state index in [9.17, 15) is 9.59 Å². The normalized spacial score (nSPS) is 10.2. The largest absolute Gasteiger partial charge is 0.330 e. The molecule has 0 unspecified atom stereocenters. The SMILES string of the molecule is NCCCc1cccc(NC(=O)c2cc[nH]c(=O)c2)c1. The number of pyridine rings is 1. The van der Waals surface area contributed by atoms with Crippen LogP contribution in [0.25, 0.3) is 0 Å². The lowest BCUT2D eigenvalue weighted by molar-refractivity contribution is 0.102. The van der Waals surface area contributed by atoms with Crippen molar-refractivity contribution in [2.45, 2.75) is 12.8 Å². The van der Waals surface area contributed by atoms with E-state index in [0.29, 0.717) is 17.8 Å². The number of nitrogens with two attached hydrogens (primary N) is 1. The van der Waals surface area contributed by atoms with Gasteiger partial charge in [0, 0.05) is 23.5 Å². The number of rotatable bonds is 5. The highest BCUT2D eigenvalue weighted by atomic mass is 16.2. The van der Waals surface area contributed by atoms with Crippen molar-refractivity contribution >= 4 is 11.6 Å². The average molecular weight is 271 g/mol. The molecule has 0 saturated heterocycles. The van der Waals surface area contributed by atoms with Crippen molar-refractivity contribution in [1.29, 1.82) is 0 Å². The molecule has 2 rings (SSSR count). The number of hydrogen-bond acceptors (Lipinski definition) is 3. The molecule has 104 valence electrons. The average Bonchev–Trinajstić information content (AvgIpc) is 2.45. The van der Waals surface area contributed by atoms with Crippen LogP contribution in [-0.2, 0) is 6.42 Å². The molecule has 0 aliphatic rings. The number of hydrogen-bond donors (Lipinski definition) is 3. The van der Waals surface area contributed by atoms with Gasteiger partial charge in [0.15, 0.2) is 0 Å². The summed E-state index contributed by atoms with van der Waals surface area (Å²) in [5, 5.41) is 2.78. The van der Waals surface area contributed by atoms with Gasteiger partial charge < -0.3 is 16.0 Å². The predicted molar refractivity (Wildman–Crippen MR) is 78.8 cm³/mol. The van der Waals surface area contributed by atoms with Crippen molar-refractivity contribution in [2.24, 2.45) is 5.73 Å². The number of aromatic amines is 1. The Bertz CT molecular complexity index is 649.